The number of fused-ring (bicyclic) bond motifs is 1. The Labute approximate surface area is 204 Å². The molecule has 0 unspecified atom stereocenters. The summed E-state index contributed by atoms with van der Waals surface area (Å²) in [5.41, 5.74) is 1.50. The fourth-order valence-corrected chi connectivity index (χ4v) is 4.37. The smallest absolute Gasteiger partial charge is 0.316 e. The fourth-order valence-electron chi connectivity index (χ4n) is 4.37. The van der Waals surface area contributed by atoms with Gasteiger partial charge in [0.15, 0.2) is 5.82 Å². The van der Waals surface area contributed by atoms with Crippen molar-refractivity contribution in [3.8, 4) is 11.3 Å². The third-order valence-corrected chi connectivity index (χ3v) is 6.12. The maximum absolute atomic E-state index is 13.0. The summed E-state index contributed by atoms with van der Waals surface area (Å²) in [5.74, 6) is 0.819. The molecule has 1 aliphatic heterocycles. The Morgan fingerprint density at radius 2 is 1.97 bits per heavy atom. The average Bonchev–Trinajstić information content (AvgIpc) is 3.29. The van der Waals surface area contributed by atoms with Crippen molar-refractivity contribution in [3.63, 3.8) is 0 Å². The van der Waals surface area contributed by atoms with Gasteiger partial charge < -0.3 is 10.6 Å². The molecule has 4 aromatic rings. The van der Waals surface area contributed by atoms with E-state index in [2.05, 4.69) is 32.3 Å². The van der Waals surface area contributed by atoms with Crippen molar-refractivity contribution < 1.29 is 18.0 Å². The van der Waals surface area contributed by atoms with Crippen LogP contribution in [0.25, 0.3) is 16.8 Å². The van der Waals surface area contributed by atoms with Crippen molar-refractivity contribution >= 4 is 29.8 Å². The van der Waals surface area contributed by atoms with Gasteiger partial charge in [-0.3, -0.25) is 9.20 Å². The minimum Gasteiger partial charge on any atom is -0.316 e. The number of amides is 1. The number of benzene rings is 1. The number of nitrogens with one attached hydrogen (secondary N) is 2. The quantitative estimate of drug-likeness (QED) is 0.387. The molecule has 1 saturated heterocycles. The molecule has 0 aliphatic carbocycles. The van der Waals surface area contributed by atoms with Crippen LogP contribution in [0.4, 0.5) is 24.8 Å². The molecule has 184 valence electrons. The predicted molar refractivity (Wildman–Crippen MR) is 130 cm³/mol. The lowest BCUT2D eigenvalue weighted by molar-refractivity contribution is -0.137. The second-order valence-electron chi connectivity index (χ2n) is 8.45. The number of pyridine rings is 1. The van der Waals surface area contributed by atoms with Crippen LogP contribution in [0.3, 0.4) is 0 Å². The van der Waals surface area contributed by atoms with E-state index in [1.807, 2.05) is 10.6 Å². The lowest BCUT2D eigenvalue weighted by Crippen LogP contribution is -2.29. The van der Waals surface area contributed by atoms with Crippen LogP contribution in [0.1, 0.15) is 40.5 Å². The van der Waals surface area contributed by atoms with E-state index in [0.29, 0.717) is 11.5 Å². The summed E-state index contributed by atoms with van der Waals surface area (Å²) >= 11 is 0. The average molecular weight is 493 g/mol. The van der Waals surface area contributed by atoms with E-state index in [-0.39, 0.29) is 17.3 Å². The number of hydrogen-bond acceptors (Lipinski definition) is 6. The molecular formula is C25H22F3N7O. The lowest BCUT2D eigenvalue weighted by atomic mass is 9.99. The van der Waals surface area contributed by atoms with Gasteiger partial charge in [0.1, 0.15) is 22.9 Å². The van der Waals surface area contributed by atoms with Crippen LogP contribution in [0.15, 0.2) is 60.0 Å². The Morgan fingerprint density at radius 3 is 2.67 bits per heavy atom. The molecule has 8 nitrogen and oxygen atoms in total. The zero-order chi connectivity index (χ0) is 25.3. The van der Waals surface area contributed by atoms with Crippen LogP contribution < -0.4 is 10.6 Å². The Hall–Kier alpha value is -4.12. The van der Waals surface area contributed by atoms with E-state index in [9.17, 15) is 18.0 Å². The first kappa shape index (κ1) is 23.6. The van der Waals surface area contributed by atoms with Gasteiger partial charge in [0.25, 0.3) is 5.91 Å². The number of imidazole rings is 1. The Bertz CT molecular complexity index is 1420. The van der Waals surface area contributed by atoms with Crippen molar-refractivity contribution in [2.24, 2.45) is 4.99 Å². The lowest BCUT2D eigenvalue weighted by Gasteiger charge is -2.21. The van der Waals surface area contributed by atoms with Crippen LogP contribution in [0, 0.1) is 0 Å². The number of piperidine rings is 1. The number of aliphatic imine (C=N–C) groups is 1. The molecule has 1 aliphatic rings. The molecule has 4 heterocycles. The minimum atomic E-state index is -4.53. The highest BCUT2D eigenvalue weighted by atomic mass is 19.4. The normalized spacial score (nSPS) is 16.1. The molecule has 0 radical (unpaired) electrons. The number of alkyl halides is 3. The molecule has 0 spiro atoms. The van der Waals surface area contributed by atoms with Gasteiger partial charge in [-0.05, 0) is 50.4 Å². The van der Waals surface area contributed by atoms with Crippen LogP contribution in [-0.4, -0.2) is 45.1 Å². The summed E-state index contributed by atoms with van der Waals surface area (Å²) in [6, 6.07) is 8.28. The Kier molecular flexibility index (Phi) is 6.23. The minimum absolute atomic E-state index is 0.183. The number of nitrogens with zero attached hydrogens (tertiary/aromatic N) is 5. The summed E-state index contributed by atoms with van der Waals surface area (Å²) in [6.07, 6.45) is 2.05. The monoisotopic (exact) mass is 493 g/mol. The largest absolute Gasteiger partial charge is 0.416 e. The fraction of sp³-hybridized carbons (Fsp3) is 0.240. The van der Waals surface area contributed by atoms with Crippen LogP contribution in [0.2, 0.25) is 0 Å². The zero-order valence-electron chi connectivity index (χ0n) is 19.1. The molecule has 11 heteroatoms. The van der Waals surface area contributed by atoms with E-state index < -0.39 is 17.6 Å². The second-order valence-corrected chi connectivity index (χ2v) is 8.45. The number of aromatic nitrogens is 4. The van der Waals surface area contributed by atoms with Gasteiger partial charge >= 0.3 is 6.18 Å². The number of rotatable bonds is 5. The molecule has 1 fully saturated rings. The molecule has 1 aromatic carbocycles. The molecule has 5 rings (SSSR count). The molecule has 2 N–H and O–H groups in total. The van der Waals surface area contributed by atoms with E-state index in [0.717, 1.165) is 61.2 Å². The maximum atomic E-state index is 13.0. The SMILES string of the molecule is C=Nc1nccn2c([C@@H]3CCCNC3)nc(-c3ccc(C(=O)Nc4cc(C(F)(F)F)ccn4)cc3)c12. The molecule has 36 heavy (non-hydrogen) atoms. The van der Waals surface area contributed by atoms with Gasteiger partial charge in [0, 0.05) is 42.2 Å². The zero-order valence-corrected chi connectivity index (χ0v) is 19.1. The molecule has 1 amide bonds. The van der Waals surface area contributed by atoms with E-state index >= 15 is 0 Å². The highest BCUT2D eigenvalue weighted by Crippen LogP contribution is 2.34. The Balaban J connectivity index is 1.45. The summed E-state index contributed by atoms with van der Waals surface area (Å²) < 4.78 is 40.8. The highest BCUT2D eigenvalue weighted by molar-refractivity contribution is 6.04. The molecule has 0 saturated carbocycles. The number of anilines is 1. The summed E-state index contributed by atoms with van der Waals surface area (Å²) in [6.45, 7) is 5.44. The Morgan fingerprint density at radius 1 is 1.17 bits per heavy atom. The van der Waals surface area contributed by atoms with Crippen LogP contribution in [-0.2, 0) is 6.18 Å². The third kappa shape index (κ3) is 4.57. The van der Waals surface area contributed by atoms with Gasteiger partial charge in [0.2, 0.25) is 0 Å². The second kappa shape index (κ2) is 9.50. The van der Waals surface area contributed by atoms with Gasteiger partial charge in [-0.15, -0.1) is 0 Å². The van der Waals surface area contributed by atoms with Crippen molar-refractivity contribution in [2.45, 2.75) is 24.9 Å². The standard InChI is InChI=1S/C25H22F3N7O/c1-29-22-21-20(34-23(35(21)12-11-32-22)17-3-2-9-30-14-17)15-4-6-16(7-5-15)24(36)33-19-13-18(8-10-31-19)25(26,27)28/h4-8,10-13,17,30H,1-3,9,14H2,(H,31,33,36)/t17-/m1/s1. The highest BCUT2D eigenvalue weighted by Gasteiger charge is 2.31. The van der Waals surface area contributed by atoms with Crippen LogP contribution >= 0.6 is 0 Å². The van der Waals surface area contributed by atoms with Crippen LogP contribution in [0.5, 0.6) is 0 Å². The van der Waals surface area contributed by atoms with Gasteiger partial charge in [-0.25, -0.2) is 19.9 Å². The van der Waals surface area contributed by atoms with Crippen molar-refractivity contribution in [2.75, 3.05) is 18.4 Å². The molecule has 3 aromatic heterocycles. The van der Waals surface area contributed by atoms with Gasteiger partial charge in [-0.1, -0.05) is 12.1 Å². The van der Waals surface area contributed by atoms with Gasteiger partial charge in [0.05, 0.1) is 5.56 Å². The molecule has 0 bridgehead atoms. The van der Waals surface area contributed by atoms with Crippen molar-refractivity contribution in [1.82, 2.24) is 24.7 Å². The first-order chi connectivity index (χ1) is 17.3. The number of carbonyl (C=O) groups is 1. The van der Waals surface area contributed by atoms with Gasteiger partial charge in [-0.2, -0.15) is 13.2 Å². The summed E-state index contributed by atoms with van der Waals surface area (Å²) in [4.78, 5) is 29.8. The third-order valence-electron chi connectivity index (χ3n) is 6.12. The number of carbonyl (C=O) groups excluding carboxylic acids is 1. The molecular weight excluding hydrogens is 471 g/mol. The predicted octanol–water partition coefficient (Wildman–Crippen LogP) is 4.86. The first-order valence-electron chi connectivity index (χ1n) is 11.3. The van der Waals surface area contributed by atoms with E-state index in [4.69, 9.17) is 4.98 Å². The first-order valence-corrected chi connectivity index (χ1v) is 11.3. The maximum Gasteiger partial charge on any atom is 0.416 e. The summed E-state index contributed by atoms with van der Waals surface area (Å²) in [7, 11) is 0. The number of hydrogen-bond donors (Lipinski definition) is 2. The number of halogens is 3. The van der Waals surface area contributed by atoms with E-state index in [1.54, 1.807) is 30.5 Å². The van der Waals surface area contributed by atoms with Crippen molar-refractivity contribution in [1.29, 1.82) is 0 Å². The van der Waals surface area contributed by atoms with Crippen molar-refractivity contribution in [3.05, 3.63) is 71.9 Å². The molecule has 1 atom stereocenters. The topological polar surface area (TPSA) is 96.6 Å². The van der Waals surface area contributed by atoms with E-state index in [1.165, 1.54) is 0 Å². The summed E-state index contributed by atoms with van der Waals surface area (Å²) in [5, 5.41) is 5.83.